The van der Waals surface area contributed by atoms with Gasteiger partial charge in [-0.15, -0.1) is 0 Å². The molecule has 2 rings (SSSR count). The van der Waals surface area contributed by atoms with Gasteiger partial charge >= 0.3 is 0 Å². The average molecular weight is 299 g/mol. The van der Waals surface area contributed by atoms with Crippen molar-refractivity contribution in [3.63, 3.8) is 0 Å². The van der Waals surface area contributed by atoms with Gasteiger partial charge in [0.25, 0.3) is 0 Å². The molecule has 3 nitrogen and oxygen atoms in total. The zero-order valence-electron chi connectivity index (χ0n) is 13.3. The van der Waals surface area contributed by atoms with E-state index in [1.165, 1.54) is 11.1 Å². The van der Waals surface area contributed by atoms with Gasteiger partial charge in [-0.05, 0) is 37.1 Å². The van der Waals surface area contributed by atoms with E-state index in [0.717, 1.165) is 5.75 Å². The van der Waals surface area contributed by atoms with Crippen molar-refractivity contribution < 1.29 is 9.84 Å². The van der Waals surface area contributed by atoms with Crippen LogP contribution in [0.1, 0.15) is 43.5 Å². The Bertz CT molecular complexity index is 539. The molecule has 118 valence electrons. The highest BCUT2D eigenvalue weighted by molar-refractivity contribution is 5.29. The molecule has 0 unspecified atom stereocenters. The molecule has 3 heteroatoms. The Hall–Kier alpha value is -1.84. The maximum Gasteiger partial charge on any atom is 0.119 e. The van der Waals surface area contributed by atoms with E-state index in [9.17, 15) is 0 Å². The minimum atomic E-state index is 0.163. The molecule has 0 saturated heterocycles. The van der Waals surface area contributed by atoms with E-state index in [2.05, 4.69) is 55.6 Å². The number of benzene rings is 2. The highest BCUT2D eigenvalue weighted by atomic mass is 16.5. The standard InChI is InChI=1S/C19H25NO2/c1-15(17-7-4-3-5-8-17)20-16(2)18-9-11-19(12-10-18)22-14-6-13-21/h3-5,7-12,15-16,20-21H,6,13-14H2,1-2H3/t15-,16-/m0/s1. The van der Waals surface area contributed by atoms with Gasteiger partial charge in [0.15, 0.2) is 0 Å². The maximum atomic E-state index is 8.75. The molecule has 0 spiro atoms. The number of nitrogens with one attached hydrogen (secondary N) is 1. The van der Waals surface area contributed by atoms with E-state index in [0.29, 0.717) is 19.1 Å². The first kappa shape index (κ1) is 16.5. The fourth-order valence-corrected chi connectivity index (χ4v) is 2.42. The van der Waals surface area contributed by atoms with Crippen LogP contribution >= 0.6 is 0 Å². The molecule has 0 aromatic heterocycles. The van der Waals surface area contributed by atoms with Gasteiger partial charge < -0.3 is 15.2 Å². The van der Waals surface area contributed by atoms with Crippen LogP contribution in [0.2, 0.25) is 0 Å². The normalized spacial score (nSPS) is 13.6. The van der Waals surface area contributed by atoms with Gasteiger partial charge in [-0.3, -0.25) is 0 Å². The van der Waals surface area contributed by atoms with Crippen molar-refractivity contribution >= 4 is 0 Å². The van der Waals surface area contributed by atoms with Crippen molar-refractivity contribution in [2.24, 2.45) is 0 Å². The smallest absolute Gasteiger partial charge is 0.119 e. The Balaban J connectivity index is 1.90. The predicted molar refractivity (Wildman–Crippen MR) is 90.0 cm³/mol. The molecule has 0 fully saturated rings. The largest absolute Gasteiger partial charge is 0.494 e. The lowest BCUT2D eigenvalue weighted by Crippen LogP contribution is -2.22. The van der Waals surface area contributed by atoms with Crippen LogP contribution < -0.4 is 10.1 Å². The Morgan fingerprint density at radius 2 is 1.50 bits per heavy atom. The van der Waals surface area contributed by atoms with Crippen LogP contribution in [0, 0.1) is 0 Å². The van der Waals surface area contributed by atoms with Gasteiger partial charge in [0.2, 0.25) is 0 Å². The molecule has 2 aromatic rings. The number of hydrogen-bond donors (Lipinski definition) is 2. The summed E-state index contributed by atoms with van der Waals surface area (Å²) in [4.78, 5) is 0. The van der Waals surface area contributed by atoms with E-state index in [1.54, 1.807) is 0 Å². The van der Waals surface area contributed by atoms with Crippen LogP contribution in [0.15, 0.2) is 54.6 Å². The highest BCUT2D eigenvalue weighted by Gasteiger charge is 2.10. The van der Waals surface area contributed by atoms with Crippen LogP contribution in [0.4, 0.5) is 0 Å². The van der Waals surface area contributed by atoms with Crippen molar-refractivity contribution in [2.45, 2.75) is 32.4 Å². The number of rotatable bonds is 8. The minimum Gasteiger partial charge on any atom is -0.494 e. The summed E-state index contributed by atoms with van der Waals surface area (Å²) >= 11 is 0. The lowest BCUT2D eigenvalue weighted by Gasteiger charge is -2.21. The third-order valence-electron chi connectivity index (χ3n) is 3.75. The summed E-state index contributed by atoms with van der Waals surface area (Å²) in [6.45, 7) is 5.06. The van der Waals surface area contributed by atoms with Crippen LogP contribution in [0.25, 0.3) is 0 Å². The van der Waals surface area contributed by atoms with Crippen LogP contribution in [-0.2, 0) is 0 Å². The topological polar surface area (TPSA) is 41.5 Å². The van der Waals surface area contributed by atoms with Gasteiger partial charge in [-0.2, -0.15) is 0 Å². The molecule has 0 amide bonds. The lowest BCUT2D eigenvalue weighted by atomic mass is 10.0. The molecular formula is C19H25NO2. The van der Waals surface area contributed by atoms with E-state index in [1.807, 2.05) is 18.2 Å². The van der Waals surface area contributed by atoms with E-state index >= 15 is 0 Å². The fraction of sp³-hybridized carbons (Fsp3) is 0.368. The van der Waals surface area contributed by atoms with E-state index in [4.69, 9.17) is 9.84 Å². The van der Waals surface area contributed by atoms with E-state index < -0.39 is 0 Å². The molecule has 2 aromatic carbocycles. The second kappa shape index (κ2) is 8.57. The summed E-state index contributed by atoms with van der Waals surface area (Å²) in [6, 6.07) is 19.2. The molecule has 0 aliphatic rings. The zero-order chi connectivity index (χ0) is 15.8. The number of hydrogen-bond acceptors (Lipinski definition) is 3. The first-order valence-electron chi connectivity index (χ1n) is 7.85. The molecule has 0 bridgehead atoms. The quantitative estimate of drug-likeness (QED) is 0.727. The molecule has 0 radical (unpaired) electrons. The zero-order valence-corrected chi connectivity index (χ0v) is 13.3. The molecule has 22 heavy (non-hydrogen) atoms. The summed E-state index contributed by atoms with van der Waals surface area (Å²) in [5, 5.41) is 12.4. The first-order chi connectivity index (χ1) is 10.7. The summed E-state index contributed by atoms with van der Waals surface area (Å²) in [7, 11) is 0. The third-order valence-corrected chi connectivity index (χ3v) is 3.75. The van der Waals surface area contributed by atoms with Crippen molar-refractivity contribution in [3.05, 3.63) is 65.7 Å². The summed E-state index contributed by atoms with van der Waals surface area (Å²) < 4.78 is 5.55. The van der Waals surface area contributed by atoms with Crippen LogP contribution in [0.5, 0.6) is 5.75 Å². The SMILES string of the molecule is C[C@H](N[C@@H](C)c1ccc(OCCCO)cc1)c1ccccc1. The molecule has 0 aliphatic carbocycles. The lowest BCUT2D eigenvalue weighted by molar-refractivity contribution is 0.233. The van der Waals surface area contributed by atoms with Gasteiger partial charge in [0, 0.05) is 25.1 Å². The summed E-state index contributed by atoms with van der Waals surface area (Å²) in [6.07, 6.45) is 0.661. The molecule has 0 heterocycles. The Morgan fingerprint density at radius 1 is 0.909 bits per heavy atom. The summed E-state index contributed by atoms with van der Waals surface area (Å²) in [5.41, 5.74) is 2.52. The van der Waals surface area contributed by atoms with Gasteiger partial charge in [-0.25, -0.2) is 0 Å². The molecule has 2 N–H and O–H groups in total. The average Bonchev–Trinajstić information content (AvgIpc) is 2.56. The summed E-state index contributed by atoms with van der Waals surface area (Å²) in [5.74, 6) is 0.848. The minimum absolute atomic E-state index is 0.163. The maximum absolute atomic E-state index is 8.75. The predicted octanol–water partition coefficient (Wildman–Crippen LogP) is 3.86. The number of aliphatic hydroxyl groups excluding tert-OH is 1. The van der Waals surface area contributed by atoms with Crippen molar-refractivity contribution in [1.82, 2.24) is 5.32 Å². The van der Waals surface area contributed by atoms with Crippen LogP contribution in [-0.4, -0.2) is 18.3 Å². The van der Waals surface area contributed by atoms with Gasteiger partial charge in [0.05, 0.1) is 6.61 Å². The number of ether oxygens (including phenoxy) is 1. The second-order valence-electron chi connectivity index (χ2n) is 5.52. The number of aliphatic hydroxyl groups is 1. The molecule has 0 aliphatic heterocycles. The first-order valence-corrected chi connectivity index (χ1v) is 7.85. The van der Waals surface area contributed by atoms with E-state index in [-0.39, 0.29) is 12.6 Å². The third kappa shape index (κ3) is 4.86. The Morgan fingerprint density at radius 3 is 2.09 bits per heavy atom. The van der Waals surface area contributed by atoms with Gasteiger partial charge in [0.1, 0.15) is 5.75 Å². The second-order valence-corrected chi connectivity index (χ2v) is 5.52. The van der Waals surface area contributed by atoms with Crippen molar-refractivity contribution in [3.8, 4) is 5.75 Å². The highest BCUT2D eigenvalue weighted by Crippen LogP contribution is 2.21. The van der Waals surface area contributed by atoms with Crippen molar-refractivity contribution in [2.75, 3.05) is 13.2 Å². The molecule has 0 saturated carbocycles. The molecular weight excluding hydrogens is 274 g/mol. The van der Waals surface area contributed by atoms with Crippen LogP contribution in [0.3, 0.4) is 0 Å². The fourth-order valence-electron chi connectivity index (χ4n) is 2.42. The Labute approximate surface area is 133 Å². The monoisotopic (exact) mass is 299 g/mol. The Kier molecular flexibility index (Phi) is 6.44. The van der Waals surface area contributed by atoms with Gasteiger partial charge in [-0.1, -0.05) is 42.5 Å². The molecule has 2 atom stereocenters. The van der Waals surface area contributed by atoms with Crippen molar-refractivity contribution in [1.29, 1.82) is 0 Å².